The summed E-state index contributed by atoms with van der Waals surface area (Å²) in [4.78, 5) is 35.5. The molecule has 0 spiro atoms. The van der Waals surface area contributed by atoms with Gasteiger partial charge in [0.15, 0.2) is 10.8 Å². The van der Waals surface area contributed by atoms with E-state index in [0.29, 0.717) is 22.1 Å². The van der Waals surface area contributed by atoms with Gasteiger partial charge in [-0.3, -0.25) is 14.7 Å². The van der Waals surface area contributed by atoms with Crippen molar-refractivity contribution in [1.82, 2.24) is 25.2 Å². The van der Waals surface area contributed by atoms with Crippen molar-refractivity contribution in [3.05, 3.63) is 62.5 Å². The van der Waals surface area contributed by atoms with Crippen molar-refractivity contribution >= 4 is 40.7 Å². The predicted octanol–water partition coefficient (Wildman–Crippen LogP) is 3.81. The van der Waals surface area contributed by atoms with E-state index in [2.05, 4.69) is 10.3 Å². The number of benzene rings is 1. The molecule has 10 nitrogen and oxygen atoms in total. The Balaban J connectivity index is 1.51. The summed E-state index contributed by atoms with van der Waals surface area (Å²) in [5.74, 6) is -5.12. The molecule has 2 fully saturated rings. The summed E-state index contributed by atoms with van der Waals surface area (Å²) in [6.45, 7) is 2.89. The minimum absolute atomic E-state index is 0.0417. The second-order valence-corrected chi connectivity index (χ2v) is 12.8. The Bertz CT molecular complexity index is 1470. The number of esters is 1. The van der Waals surface area contributed by atoms with Gasteiger partial charge in [-0.05, 0) is 32.4 Å². The van der Waals surface area contributed by atoms with Crippen LogP contribution in [-0.4, -0.2) is 101 Å². The number of fused-ring (bicyclic) bond motifs is 1. The van der Waals surface area contributed by atoms with Gasteiger partial charge in [0, 0.05) is 60.6 Å². The first-order valence-electron chi connectivity index (χ1n) is 13.6. The van der Waals surface area contributed by atoms with Crippen LogP contribution in [0.3, 0.4) is 0 Å². The molecule has 1 aromatic carbocycles. The number of aliphatic imine (C=N–C) groups is 1. The predicted molar refractivity (Wildman–Crippen MR) is 154 cm³/mol. The number of hydrazine groups is 1. The Hall–Kier alpha value is -3.04. The average Bonchev–Trinajstić information content (AvgIpc) is 3.64. The quantitative estimate of drug-likeness (QED) is 0.396. The van der Waals surface area contributed by atoms with E-state index >= 15 is 8.78 Å². The van der Waals surface area contributed by atoms with Gasteiger partial charge in [0.05, 0.1) is 24.6 Å². The molecule has 0 bridgehead atoms. The lowest BCUT2D eigenvalue weighted by Crippen LogP contribution is -2.49. The molecule has 232 valence electrons. The topological polar surface area (TPSA) is 111 Å². The third-order valence-electron chi connectivity index (χ3n) is 8.22. The summed E-state index contributed by atoms with van der Waals surface area (Å²) in [7, 11) is 2.91. The van der Waals surface area contributed by atoms with Crippen molar-refractivity contribution < 1.29 is 32.6 Å². The number of halogens is 4. The van der Waals surface area contributed by atoms with E-state index in [1.807, 2.05) is 0 Å². The van der Waals surface area contributed by atoms with Gasteiger partial charge >= 0.3 is 11.9 Å². The third-order valence-corrected chi connectivity index (χ3v) is 9.33. The van der Waals surface area contributed by atoms with E-state index in [4.69, 9.17) is 21.3 Å². The maximum absolute atomic E-state index is 15.7. The number of hydrogen-bond acceptors (Lipinski definition) is 10. The number of nitrogens with one attached hydrogen (secondary N) is 1. The monoisotopic (exact) mass is 640 g/mol. The number of carbonyl (C=O) groups is 2. The zero-order valence-electron chi connectivity index (χ0n) is 24.0. The number of carboxylic acid groups (broad SMARTS) is 1. The molecule has 15 heteroatoms. The number of aliphatic carboxylic acids is 1. The van der Waals surface area contributed by atoms with Crippen LogP contribution in [0.2, 0.25) is 5.02 Å². The van der Waals surface area contributed by atoms with E-state index < -0.39 is 53.8 Å². The molecule has 5 rings (SSSR count). The standard InChI is InChI=1S/C28H32ClF3N6O4S/c1-27(2,26(40)41)7-9-38-22-19(13-36(38)3)37(14-28(22,31)32)12-18-20(25(39)42-4)21(16-6-5-15(30)11-17(16)29)35-23(34-18)24-33-8-10-43-24/h5-6,8,10-11,19,21-22H,7,9,12-14H2,1-4H3,(H,34,35)(H,40,41)/t19-,21+,22+/m1/s1. The molecule has 0 saturated carbocycles. The fraction of sp³-hybridized carbons (Fsp3) is 0.500. The van der Waals surface area contributed by atoms with Gasteiger partial charge in [-0.1, -0.05) is 17.7 Å². The summed E-state index contributed by atoms with van der Waals surface area (Å²) in [6.07, 6.45) is 1.77. The molecular formula is C28H32ClF3N6O4S. The van der Waals surface area contributed by atoms with Crippen molar-refractivity contribution in [2.75, 3.05) is 40.3 Å². The molecule has 4 heterocycles. The van der Waals surface area contributed by atoms with Gasteiger partial charge in [-0.15, -0.1) is 11.3 Å². The fourth-order valence-corrected chi connectivity index (χ4v) is 6.70. The fourth-order valence-electron chi connectivity index (χ4n) is 5.84. The van der Waals surface area contributed by atoms with Crippen LogP contribution in [0.25, 0.3) is 0 Å². The molecule has 0 aliphatic carbocycles. The zero-order valence-corrected chi connectivity index (χ0v) is 25.6. The molecule has 2 N–H and O–H groups in total. The van der Waals surface area contributed by atoms with Crippen molar-refractivity contribution in [2.24, 2.45) is 10.4 Å². The average molecular weight is 641 g/mol. The molecule has 0 radical (unpaired) electrons. The van der Waals surface area contributed by atoms with Gasteiger partial charge < -0.3 is 15.2 Å². The lowest BCUT2D eigenvalue weighted by Gasteiger charge is -2.33. The van der Waals surface area contributed by atoms with E-state index in [1.54, 1.807) is 47.4 Å². The number of carboxylic acids is 1. The maximum Gasteiger partial charge on any atom is 0.338 e. The first-order valence-corrected chi connectivity index (χ1v) is 14.8. The maximum atomic E-state index is 15.7. The van der Waals surface area contributed by atoms with E-state index in [-0.39, 0.29) is 36.7 Å². The molecule has 2 aromatic rings. The van der Waals surface area contributed by atoms with Crippen LogP contribution in [0, 0.1) is 11.2 Å². The number of amidine groups is 1. The number of nitrogens with zero attached hydrogens (tertiary/aromatic N) is 5. The number of methoxy groups -OCH3 is 1. The summed E-state index contributed by atoms with van der Waals surface area (Å²) < 4.78 is 50.5. The number of carbonyl (C=O) groups excluding carboxylic acids is 1. The van der Waals surface area contributed by atoms with Crippen molar-refractivity contribution in [3.63, 3.8) is 0 Å². The number of thiazole rings is 1. The number of aromatic nitrogens is 1. The number of ether oxygens (including phenoxy) is 1. The van der Waals surface area contributed by atoms with Crippen molar-refractivity contribution in [1.29, 1.82) is 0 Å². The van der Waals surface area contributed by atoms with Gasteiger partial charge in [-0.2, -0.15) is 0 Å². The van der Waals surface area contributed by atoms with E-state index in [9.17, 15) is 19.1 Å². The highest BCUT2D eigenvalue weighted by atomic mass is 35.5. The van der Waals surface area contributed by atoms with Crippen molar-refractivity contribution in [2.45, 2.75) is 44.3 Å². The molecule has 43 heavy (non-hydrogen) atoms. The second-order valence-electron chi connectivity index (χ2n) is 11.5. The SMILES string of the molecule is COC(=O)C1=C(CN2CC(F)(F)[C@@H]3[C@H]2CN(C)N3CCC(C)(C)C(=O)O)NC(c2nccs2)=N[C@H]1c1ccc(F)cc1Cl. The van der Waals surface area contributed by atoms with E-state index in [1.165, 1.54) is 30.6 Å². The van der Waals surface area contributed by atoms with Crippen LogP contribution < -0.4 is 5.32 Å². The molecule has 2 saturated heterocycles. The molecule has 3 aliphatic rings. The Morgan fingerprint density at radius 2 is 2.07 bits per heavy atom. The van der Waals surface area contributed by atoms with Crippen LogP contribution >= 0.6 is 22.9 Å². The Morgan fingerprint density at radius 1 is 1.33 bits per heavy atom. The molecule has 0 amide bonds. The minimum atomic E-state index is -3.13. The summed E-state index contributed by atoms with van der Waals surface area (Å²) in [5, 5.41) is 18.2. The lowest BCUT2D eigenvalue weighted by atomic mass is 9.89. The third kappa shape index (κ3) is 6.03. The van der Waals surface area contributed by atoms with Crippen molar-refractivity contribution in [3.8, 4) is 0 Å². The van der Waals surface area contributed by atoms with Crippen LogP contribution in [0.4, 0.5) is 13.2 Å². The van der Waals surface area contributed by atoms with Crippen LogP contribution in [0.1, 0.15) is 36.9 Å². The second kappa shape index (κ2) is 11.8. The Kier molecular flexibility index (Phi) is 8.62. The van der Waals surface area contributed by atoms with Gasteiger partial charge in [0.1, 0.15) is 17.9 Å². The summed E-state index contributed by atoms with van der Waals surface area (Å²) in [5.41, 5.74) is -0.383. The normalized spacial score (nSPS) is 24.6. The molecule has 0 unspecified atom stereocenters. The Labute approximate surface area is 255 Å². The molecular weight excluding hydrogens is 609 g/mol. The minimum Gasteiger partial charge on any atom is -0.481 e. The summed E-state index contributed by atoms with van der Waals surface area (Å²) >= 11 is 7.71. The van der Waals surface area contributed by atoms with Gasteiger partial charge in [0.2, 0.25) is 0 Å². The number of hydrogen-bond donors (Lipinski definition) is 2. The lowest BCUT2D eigenvalue weighted by molar-refractivity contribution is -0.148. The largest absolute Gasteiger partial charge is 0.481 e. The van der Waals surface area contributed by atoms with Crippen LogP contribution in [0.5, 0.6) is 0 Å². The first-order chi connectivity index (χ1) is 20.2. The number of alkyl halides is 2. The van der Waals surface area contributed by atoms with Gasteiger partial charge in [-0.25, -0.2) is 33.0 Å². The van der Waals surface area contributed by atoms with Crippen LogP contribution in [0.15, 0.2) is 46.0 Å². The highest BCUT2D eigenvalue weighted by Crippen LogP contribution is 2.43. The first kappa shape index (κ1) is 31.4. The molecule has 1 aromatic heterocycles. The van der Waals surface area contributed by atoms with E-state index in [0.717, 1.165) is 6.07 Å². The van der Waals surface area contributed by atoms with Crippen LogP contribution in [-0.2, 0) is 14.3 Å². The highest BCUT2D eigenvalue weighted by molar-refractivity contribution is 7.11. The zero-order chi connectivity index (χ0) is 31.3. The molecule has 3 aliphatic heterocycles. The molecule has 3 atom stereocenters. The smallest absolute Gasteiger partial charge is 0.338 e. The number of likely N-dealkylation sites (N-methyl/N-ethyl adjacent to an activating group) is 1. The summed E-state index contributed by atoms with van der Waals surface area (Å²) in [6, 6.07) is 0.914. The number of rotatable bonds is 9. The Morgan fingerprint density at radius 3 is 2.70 bits per heavy atom. The van der Waals surface area contributed by atoms with Gasteiger partial charge in [0.25, 0.3) is 5.92 Å². The number of likely N-dealkylation sites (tertiary alicyclic amines) is 1. The highest BCUT2D eigenvalue weighted by Gasteiger charge is 2.61.